The van der Waals surface area contributed by atoms with Crippen molar-refractivity contribution in [2.75, 3.05) is 35.2 Å². The van der Waals surface area contributed by atoms with E-state index >= 15 is 0 Å². The predicted octanol–water partition coefficient (Wildman–Crippen LogP) is 4.98. The minimum absolute atomic E-state index is 0.0341. The minimum Gasteiger partial charge on any atom is -0.384 e. The van der Waals surface area contributed by atoms with Crippen LogP contribution in [-0.2, 0) is 4.79 Å². The van der Waals surface area contributed by atoms with Gasteiger partial charge in [0.2, 0.25) is 5.91 Å². The molecule has 0 aromatic heterocycles. The first-order valence-electron chi connectivity index (χ1n) is 9.97. The van der Waals surface area contributed by atoms with E-state index in [1.807, 2.05) is 12.1 Å². The molecule has 1 aliphatic rings. The Morgan fingerprint density at radius 1 is 1.07 bits per heavy atom. The largest absolute Gasteiger partial charge is 0.384 e. The lowest BCUT2D eigenvalue weighted by atomic mass is 9.99. The second-order valence-corrected chi connectivity index (χ2v) is 7.76. The maximum atomic E-state index is 12.2. The van der Waals surface area contributed by atoms with Crippen LogP contribution in [0.3, 0.4) is 0 Å². The van der Waals surface area contributed by atoms with E-state index in [1.54, 1.807) is 0 Å². The van der Waals surface area contributed by atoms with E-state index in [9.17, 15) is 4.79 Å². The molecule has 4 heteroatoms. The Morgan fingerprint density at radius 3 is 2.44 bits per heavy atom. The van der Waals surface area contributed by atoms with E-state index in [1.165, 1.54) is 29.7 Å². The van der Waals surface area contributed by atoms with Gasteiger partial charge in [0.1, 0.15) is 0 Å². The third kappa shape index (κ3) is 5.49. The molecular weight excluding hydrogens is 334 g/mol. The summed E-state index contributed by atoms with van der Waals surface area (Å²) in [6.07, 6.45) is 2.96. The van der Waals surface area contributed by atoms with Crippen molar-refractivity contribution in [1.82, 2.24) is 0 Å². The average Bonchev–Trinajstić information content (AvgIpc) is 2.65. The van der Waals surface area contributed by atoms with Gasteiger partial charge in [-0.3, -0.25) is 4.79 Å². The molecule has 0 saturated carbocycles. The Balaban J connectivity index is 1.45. The smallest absolute Gasteiger partial charge is 0.226 e. The molecule has 1 aliphatic heterocycles. The van der Waals surface area contributed by atoms with Crippen LogP contribution < -0.4 is 15.5 Å². The van der Waals surface area contributed by atoms with Crippen LogP contribution in [0.4, 0.5) is 17.1 Å². The van der Waals surface area contributed by atoms with Crippen molar-refractivity contribution in [3.8, 4) is 0 Å². The van der Waals surface area contributed by atoms with Crippen LogP contribution in [0, 0.1) is 19.8 Å². The van der Waals surface area contributed by atoms with Crippen LogP contribution in [0.1, 0.15) is 37.3 Å². The molecule has 144 valence electrons. The molecule has 1 saturated heterocycles. The molecule has 2 aromatic rings. The van der Waals surface area contributed by atoms with Crippen LogP contribution in [0.15, 0.2) is 42.5 Å². The molecule has 1 fully saturated rings. The van der Waals surface area contributed by atoms with Crippen molar-refractivity contribution in [2.45, 2.75) is 40.0 Å². The third-order valence-electron chi connectivity index (χ3n) is 5.35. The second-order valence-electron chi connectivity index (χ2n) is 7.76. The van der Waals surface area contributed by atoms with E-state index in [4.69, 9.17) is 0 Å². The van der Waals surface area contributed by atoms with Gasteiger partial charge in [-0.2, -0.15) is 0 Å². The van der Waals surface area contributed by atoms with E-state index in [-0.39, 0.29) is 5.91 Å². The molecule has 2 N–H and O–H groups in total. The van der Waals surface area contributed by atoms with Gasteiger partial charge in [0.25, 0.3) is 0 Å². The number of hydrogen-bond acceptors (Lipinski definition) is 3. The van der Waals surface area contributed by atoms with Crippen LogP contribution in [0.2, 0.25) is 0 Å². The Labute approximate surface area is 163 Å². The number of amides is 1. The maximum absolute atomic E-state index is 12.2. The molecule has 1 amide bonds. The van der Waals surface area contributed by atoms with Crippen molar-refractivity contribution in [2.24, 2.45) is 5.92 Å². The molecule has 1 heterocycles. The van der Waals surface area contributed by atoms with Crippen molar-refractivity contribution in [3.05, 3.63) is 53.6 Å². The quantitative estimate of drug-likeness (QED) is 0.759. The summed E-state index contributed by atoms with van der Waals surface area (Å²) >= 11 is 0. The number of aryl methyl sites for hydroxylation is 2. The van der Waals surface area contributed by atoms with Crippen molar-refractivity contribution >= 4 is 23.0 Å². The fourth-order valence-electron chi connectivity index (χ4n) is 3.57. The normalized spacial score (nSPS) is 14.9. The molecule has 0 bridgehead atoms. The van der Waals surface area contributed by atoms with Crippen molar-refractivity contribution < 1.29 is 4.79 Å². The Morgan fingerprint density at radius 2 is 1.78 bits per heavy atom. The second kappa shape index (κ2) is 8.94. The number of carbonyl (C=O) groups excluding carboxylic acids is 1. The predicted molar refractivity (Wildman–Crippen MR) is 115 cm³/mol. The molecule has 2 aromatic carbocycles. The third-order valence-corrected chi connectivity index (χ3v) is 5.35. The molecular formula is C23H31N3O. The number of nitrogens with one attached hydrogen (secondary N) is 2. The van der Waals surface area contributed by atoms with Crippen molar-refractivity contribution in [3.63, 3.8) is 0 Å². The van der Waals surface area contributed by atoms with E-state index in [2.05, 4.69) is 66.6 Å². The zero-order valence-electron chi connectivity index (χ0n) is 16.7. The first kappa shape index (κ1) is 19.3. The van der Waals surface area contributed by atoms with Gasteiger partial charge in [-0.15, -0.1) is 0 Å². The number of piperidine rings is 1. The number of nitrogens with zero attached hydrogens (tertiary/aromatic N) is 1. The monoisotopic (exact) mass is 365 g/mol. The highest BCUT2D eigenvalue weighted by Gasteiger charge is 2.15. The van der Waals surface area contributed by atoms with Gasteiger partial charge in [-0.05, 0) is 68.5 Å². The number of carbonyl (C=O) groups is 1. The van der Waals surface area contributed by atoms with Gasteiger partial charge < -0.3 is 15.5 Å². The molecule has 0 radical (unpaired) electrons. The molecule has 0 unspecified atom stereocenters. The summed E-state index contributed by atoms with van der Waals surface area (Å²) in [7, 11) is 0. The Hall–Kier alpha value is -2.49. The maximum Gasteiger partial charge on any atom is 0.226 e. The van der Waals surface area contributed by atoms with Gasteiger partial charge in [-0.25, -0.2) is 0 Å². The molecule has 3 rings (SSSR count). The standard InChI is InChI=1S/C23H31N3O/c1-17-11-14-26(15-12-17)21-7-5-20(6-8-21)25-23(27)10-13-24-22-9-4-18(2)16-19(22)3/h4-9,16-17,24H,10-15H2,1-3H3,(H,25,27). The lowest BCUT2D eigenvalue weighted by molar-refractivity contribution is -0.115. The van der Waals surface area contributed by atoms with E-state index in [0.29, 0.717) is 13.0 Å². The highest BCUT2D eigenvalue weighted by Crippen LogP contribution is 2.24. The van der Waals surface area contributed by atoms with Crippen LogP contribution in [0.5, 0.6) is 0 Å². The lowest BCUT2D eigenvalue weighted by Crippen LogP contribution is -2.32. The fourth-order valence-corrected chi connectivity index (χ4v) is 3.57. The Bertz CT molecular complexity index is 762. The van der Waals surface area contributed by atoms with Gasteiger partial charge in [0, 0.05) is 43.1 Å². The van der Waals surface area contributed by atoms with Gasteiger partial charge in [0.05, 0.1) is 0 Å². The van der Waals surface area contributed by atoms with Gasteiger partial charge >= 0.3 is 0 Å². The molecule has 0 spiro atoms. The zero-order chi connectivity index (χ0) is 19.2. The topological polar surface area (TPSA) is 44.4 Å². The van der Waals surface area contributed by atoms with Crippen LogP contribution in [0.25, 0.3) is 0 Å². The van der Waals surface area contributed by atoms with Gasteiger partial charge in [-0.1, -0.05) is 24.6 Å². The number of anilines is 3. The molecule has 27 heavy (non-hydrogen) atoms. The van der Waals surface area contributed by atoms with Gasteiger partial charge in [0.15, 0.2) is 0 Å². The summed E-state index contributed by atoms with van der Waals surface area (Å²) in [4.78, 5) is 14.6. The van der Waals surface area contributed by atoms with Crippen LogP contribution in [-0.4, -0.2) is 25.5 Å². The lowest BCUT2D eigenvalue weighted by Gasteiger charge is -2.32. The molecule has 0 aliphatic carbocycles. The summed E-state index contributed by atoms with van der Waals surface area (Å²) in [5, 5.41) is 6.34. The summed E-state index contributed by atoms with van der Waals surface area (Å²) < 4.78 is 0. The first-order valence-corrected chi connectivity index (χ1v) is 9.97. The highest BCUT2D eigenvalue weighted by atomic mass is 16.1. The molecule has 0 atom stereocenters. The van der Waals surface area contributed by atoms with Crippen molar-refractivity contribution in [1.29, 1.82) is 0 Å². The number of rotatable bonds is 6. The van der Waals surface area contributed by atoms with E-state index < -0.39 is 0 Å². The number of hydrogen-bond donors (Lipinski definition) is 2. The minimum atomic E-state index is 0.0341. The first-order chi connectivity index (χ1) is 13.0. The summed E-state index contributed by atoms with van der Waals surface area (Å²) in [6, 6.07) is 14.5. The summed E-state index contributed by atoms with van der Waals surface area (Å²) in [5.74, 6) is 0.865. The zero-order valence-corrected chi connectivity index (χ0v) is 16.7. The Kier molecular flexibility index (Phi) is 6.38. The highest BCUT2D eigenvalue weighted by molar-refractivity contribution is 5.91. The SMILES string of the molecule is Cc1ccc(NCCC(=O)Nc2ccc(N3CCC(C)CC3)cc2)c(C)c1. The summed E-state index contributed by atoms with van der Waals surface area (Å²) in [6.45, 7) is 9.36. The van der Waals surface area contributed by atoms with Crippen LogP contribution >= 0.6 is 0 Å². The molecule has 4 nitrogen and oxygen atoms in total. The average molecular weight is 366 g/mol. The fraction of sp³-hybridized carbons (Fsp3) is 0.435. The number of benzene rings is 2. The summed E-state index contributed by atoms with van der Waals surface area (Å²) in [5.41, 5.74) is 5.65. The van der Waals surface area contributed by atoms with E-state index in [0.717, 1.165) is 30.4 Å².